The van der Waals surface area contributed by atoms with Gasteiger partial charge < -0.3 is 4.90 Å². The van der Waals surface area contributed by atoms with Crippen molar-refractivity contribution in [1.29, 1.82) is 0 Å². The Labute approximate surface area is 179 Å². The third-order valence-electron chi connectivity index (χ3n) is 8.84. The average Bonchev–Trinajstić information content (AvgIpc) is 3.34. The number of fused-ring (bicyclic) bond motifs is 3. The molecule has 0 unspecified atom stereocenters. The van der Waals surface area contributed by atoms with Crippen LogP contribution in [0.5, 0.6) is 0 Å². The van der Waals surface area contributed by atoms with Crippen molar-refractivity contribution >= 4 is 17.5 Å². The van der Waals surface area contributed by atoms with Crippen LogP contribution in [0.1, 0.15) is 76.6 Å². The summed E-state index contributed by atoms with van der Waals surface area (Å²) in [5.41, 5.74) is -1.05. The lowest BCUT2D eigenvalue weighted by molar-refractivity contribution is -0.149. The van der Waals surface area contributed by atoms with Crippen molar-refractivity contribution < 1.29 is 18.4 Å². The zero-order valence-electron chi connectivity index (χ0n) is 18.1. The van der Waals surface area contributed by atoms with E-state index in [-0.39, 0.29) is 34.5 Å². The fraction of sp³-hybridized carbons (Fsp3) is 0.682. The summed E-state index contributed by atoms with van der Waals surface area (Å²) in [4.78, 5) is 36.7. The highest BCUT2D eigenvalue weighted by Gasteiger charge is 2.73. The summed E-state index contributed by atoms with van der Waals surface area (Å²) < 4.78 is 28.0. The molecule has 2 aromatic heterocycles. The maximum Gasteiger partial charge on any atom is 0.280 e. The van der Waals surface area contributed by atoms with Gasteiger partial charge in [-0.3, -0.25) is 9.59 Å². The summed E-state index contributed by atoms with van der Waals surface area (Å²) >= 11 is 0. The molecule has 1 saturated heterocycles. The molecule has 2 aliphatic carbocycles. The van der Waals surface area contributed by atoms with Crippen LogP contribution in [0.3, 0.4) is 0 Å². The van der Waals surface area contributed by atoms with Crippen molar-refractivity contribution in [2.75, 3.05) is 13.1 Å². The van der Waals surface area contributed by atoms with E-state index in [4.69, 9.17) is 0 Å². The number of rotatable bonds is 3. The normalized spacial score (nSPS) is 30.6. The van der Waals surface area contributed by atoms with E-state index in [2.05, 4.69) is 28.9 Å². The van der Waals surface area contributed by atoms with Crippen LogP contribution in [0.15, 0.2) is 12.4 Å². The lowest BCUT2D eigenvalue weighted by Crippen LogP contribution is -2.50. The number of piperidine rings is 1. The summed E-state index contributed by atoms with van der Waals surface area (Å²) in [6, 6.07) is 1.41. The summed E-state index contributed by atoms with van der Waals surface area (Å²) in [5.74, 6) is 0.437. The lowest BCUT2D eigenvalue weighted by atomic mass is 9.64. The van der Waals surface area contributed by atoms with Gasteiger partial charge in [-0.05, 0) is 37.2 Å². The van der Waals surface area contributed by atoms with Crippen molar-refractivity contribution in [2.24, 2.45) is 16.2 Å². The van der Waals surface area contributed by atoms with Crippen LogP contribution >= 0.6 is 0 Å². The number of amides is 1. The predicted octanol–water partition coefficient (Wildman–Crippen LogP) is 3.55. The van der Waals surface area contributed by atoms with Gasteiger partial charge in [0.1, 0.15) is 17.8 Å². The molecule has 166 valence electrons. The van der Waals surface area contributed by atoms with Crippen LogP contribution in [0.25, 0.3) is 5.78 Å². The Kier molecular flexibility index (Phi) is 4.31. The molecule has 0 radical (unpaired) electrons. The summed E-state index contributed by atoms with van der Waals surface area (Å²) in [6.45, 7) is 7.22. The van der Waals surface area contributed by atoms with Gasteiger partial charge in [0, 0.05) is 36.5 Å². The molecular formula is C22H27F2N5O2. The van der Waals surface area contributed by atoms with Crippen molar-refractivity contribution in [3.63, 3.8) is 0 Å². The van der Waals surface area contributed by atoms with Crippen molar-refractivity contribution in [1.82, 2.24) is 24.5 Å². The minimum atomic E-state index is -2.68. The number of Topliss-reactive ketones (excluding diaryl/α,β-unsaturated/α-hetero) is 1. The smallest absolute Gasteiger partial charge is 0.280 e. The van der Waals surface area contributed by atoms with Gasteiger partial charge in [0.2, 0.25) is 5.91 Å². The molecule has 3 heterocycles. The van der Waals surface area contributed by atoms with Crippen LogP contribution in [0.4, 0.5) is 8.78 Å². The van der Waals surface area contributed by atoms with E-state index < -0.39 is 17.3 Å². The zero-order chi connectivity index (χ0) is 22.2. The number of carbonyl (C=O) groups is 2. The first-order valence-electron chi connectivity index (χ1n) is 10.9. The molecule has 2 bridgehead atoms. The van der Waals surface area contributed by atoms with Crippen molar-refractivity contribution in [3.8, 4) is 0 Å². The number of ketones is 1. The number of hydrogen-bond acceptors (Lipinski definition) is 5. The van der Waals surface area contributed by atoms with Crippen LogP contribution in [0.2, 0.25) is 0 Å². The summed E-state index contributed by atoms with van der Waals surface area (Å²) in [5, 5.41) is 3.83. The SMILES string of the molecule is CC1(C)[C@@]2(C(=O)N3CCC(c4cc(C(F)F)n5ncnc5n4)CC3)CC[C@]1(C)C(=O)C2. The van der Waals surface area contributed by atoms with Crippen molar-refractivity contribution in [2.45, 2.75) is 65.2 Å². The molecule has 1 amide bonds. The first-order valence-corrected chi connectivity index (χ1v) is 10.9. The Morgan fingerprint density at radius 3 is 2.48 bits per heavy atom. The molecule has 3 aliphatic rings. The molecule has 2 saturated carbocycles. The molecular weight excluding hydrogens is 404 g/mol. The van der Waals surface area contributed by atoms with E-state index in [1.807, 2.05) is 11.8 Å². The molecule has 5 rings (SSSR count). The Balaban J connectivity index is 1.35. The number of aromatic nitrogens is 4. The number of hydrogen-bond donors (Lipinski definition) is 0. The second-order valence-electron chi connectivity index (χ2n) is 10.1. The van der Waals surface area contributed by atoms with Crippen molar-refractivity contribution in [3.05, 3.63) is 23.8 Å². The van der Waals surface area contributed by atoms with Crippen LogP contribution in [-0.2, 0) is 9.59 Å². The van der Waals surface area contributed by atoms with E-state index in [1.54, 1.807) is 0 Å². The van der Waals surface area contributed by atoms with Crippen LogP contribution in [-0.4, -0.2) is 49.3 Å². The van der Waals surface area contributed by atoms with Crippen LogP contribution < -0.4 is 0 Å². The van der Waals surface area contributed by atoms with E-state index in [0.717, 1.165) is 17.4 Å². The number of carbonyl (C=O) groups excluding carboxylic acids is 2. The maximum absolute atomic E-state index is 13.6. The maximum atomic E-state index is 13.6. The van der Waals surface area contributed by atoms with E-state index in [0.29, 0.717) is 38.0 Å². The molecule has 2 atom stereocenters. The first-order chi connectivity index (χ1) is 14.6. The number of alkyl halides is 2. The standard InChI is InChI=1S/C22H27F2N5O2/c1-20(2)21(3)6-7-22(20,11-16(21)30)18(31)28-8-4-13(5-9-28)14-10-15(17(23)24)29-19(27-14)25-12-26-29/h10,12-13,17H,4-9,11H2,1-3H3/t21-,22+/m1/s1. The Morgan fingerprint density at radius 2 is 1.90 bits per heavy atom. The second-order valence-corrected chi connectivity index (χ2v) is 10.1. The summed E-state index contributed by atoms with van der Waals surface area (Å²) in [7, 11) is 0. The van der Waals surface area contributed by atoms with E-state index >= 15 is 0 Å². The van der Waals surface area contributed by atoms with E-state index in [9.17, 15) is 18.4 Å². The van der Waals surface area contributed by atoms with Gasteiger partial charge in [-0.15, -0.1) is 0 Å². The van der Waals surface area contributed by atoms with Gasteiger partial charge in [0.05, 0.1) is 5.41 Å². The molecule has 0 N–H and O–H groups in total. The van der Waals surface area contributed by atoms with Gasteiger partial charge in [-0.2, -0.15) is 14.6 Å². The average molecular weight is 431 g/mol. The monoisotopic (exact) mass is 431 g/mol. The molecule has 2 aromatic rings. The quantitative estimate of drug-likeness (QED) is 0.743. The Hall–Kier alpha value is -2.45. The fourth-order valence-corrected chi connectivity index (χ4v) is 6.23. The predicted molar refractivity (Wildman–Crippen MR) is 107 cm³/mol. The highest BCUT2D eigenvalue weighted by Crippen LogP contribution is 2.71. The topological polar surface area (TPSA) is 80.5 Å². The minimum Gasteiger partial charge on any atom is -0.342 e. The van der Waals surface area contributed by atoms with Crippen LogP contribution in [0, 0.1) is 16.2 Å². The number of halogens is 2. The molecule has 0 spiro atoms. The lowest BCUT2D eigenvalue weighted by Gasteiger charge is -2.43. The fourth-order valence-electron chi connectivity index (χ4n) is 6.23. The highest BCUT2D eigenvalue weighted by molar-refractivity contribution is 5.99. The second kappa shape index (κ2) is 6.53. The molecule has 1 aliphatic heterocycles. The minimum absolute atomic E-state index is 0.0205. The van der Waals surface area contributed by atoms with Gasteiger partial charge in [0.25, 0.3) is 12.2 Å². The Morgan fingerprint density at radius 1 is 1.19 bits per heavy atom. The Bertz CT molecular complexity index is 1080. The number of nitrogens with zero attached hydrogens (tertiary/aromatic N) is 5. The largest absolute Gasteiger partial charge is 0.342 e. The first kappa shape index (κ1) is 20.5. The number of likely N-dealkylation sites (tertiary alicyclic amines) is 1. The molecule has 31 heavy (non-hydrogen) atoms. The third-order valence-corrected chi connectivity index (χ3v) is 8.84. The molecule has 0 aromatic carbocycles. The van der Waals surface area contributed by atoms with Gasteiger partial charge >= 0.3 is 0 Å². The molecule has 9 heteroatoms. The highest BCUT2D eigenvalue weighted by atomic mass is 19.3. The van der Waals surface area contributed by atoms with E-state index in [1.165, 1.54) is 12.4 Å². The summed E-state index contributed by atoms with van der Waals surface area (Å²) in [6.07, 6.45) is 1.69. The molecule has 7 nitrogen and oxygen atoms in total. The van der Waals surface area contributed by atoms with Gasteiger partial charge in [-0.25, -0.2) is 13.8 Å². The third kappa shape index (κ3) is 2.58. The zero-order valence-corrected chi connectivity index (χ0v) is 18.1. The molecule has 3 fully saturated rings. The van der Waals surface area contributed by atoms with Gasteiger partial charge in [-0.1, -0.05) is 20.8 Å². The van der Waals surface area contributed by atoms with Gasteiger partial charge in [0.15, 0.2) is 0 Å².